The Morgan fingerprint density at radius 2 is 1.93 bits per heavy atom. The highest BCUT2D eigenvalue weighted by molar-refractivity contribution is 7.80. The Morgan fingerprint density at radius 3 is 2.61 bits per heavy atom. The van der Waals surface area contributed by atoms with Gasteiger partial charge < -0.3 is 5.32 Å². The summed E-state index contributed by atoms with van der Waals surface area (Å²) in [5.41, 5.74) is 9.01. The maximum Gasteiger partial charge on any atom is 0.270 e. The summed E-state index contributed by atoms with van der Waals surface area (Å²) in [5, 5.41) is 5.58. The van der Waals surface area contributed by atoms with Crippen LogP contribution >= 0.6 is 23.6 Å². The van der Waals surface area contributed by atoms with Gasteiger partial charge in [-0.25, -0.2) is 0 Å². The number of hydrogen-bond acceptors (Lipinski definition) is 3. The van der Waals surface area contributed by atoms with Gasteiger partial charge in [0.25, 0.3) is 5.91 Å². The molecule has 3 N–H and O–H groups in total. The van der Waals surface area contributed by atoms with Gasteiger partial charge in [0.15, 0.2) is 5.11 Å². The second-order valence-corrected chi connectivity index (χ2v) is 9.91. The monoisotopic (exact) mass is 415 g/mol. The smallest absolute Gasteiger partial charge is 0.270 e. The lowest BCUT2D eigenvalue weighted by molar-refractivity contribution is 0.0942. The molecule has 1 aromatic carbocycles. The Balaban J connectivity index is 1.55. The minimum absolute atomic E-state index is 0.0568. The van der Waals surface area contributed by atoms with Crippen molar-refractivity contribution in [2.75, 3.05) is 0 Å². The summed E-state index contributed by atoms with van der Waals surface area (Å²) in [7, 11) is 0. The lowest BCUT2D eigenvalue weighted by Gasteiger charge is -2.34. The van der Waals surface area contributed by atoms with E-state index in [1.165, 1.54) is 10.4 Å². The molecule has 1 aliphatic rings. The van der Waals surface area contributed by atoms with Crippen LogP contribution in [0.4, 0.5) is 0 Å². The standard InChI is InChI=1S/C22H29N3OS2/c1-14(15-8-6-5-7-9-15)23-21(27)25-24-20(26)18-13-28-19-12-16(22(2,3)4)10-11-17(18)19/h5-9,13-14,16H,10-12H2,1-4H3,(H,24,26)(H2,23,25,27)/t14-,16+/m1/s1. The van der Waals surface area contributed by atoms with E-state index in [4.69, 9.17) is 12.2 Å². The molecule has 0 saturated carbocycles. The van der Waals surface area contributed by atoms with Crippen LogP contribution in [0.3, 0.4) is 0 Å². The minimum Gasteiger partial charge on any atom is -0.355 e. The predicted octanol–water partition coefficient (Wildman–Crippen LogP) is 4.77. The topological polar surface area (TPSA) is 53.2 Å². The minimum atomic E-state index is -0.122. The van der Waals surface area contributed by atoms with E-state index in [0.717, 1.165) is 30.4 Å². The Hall–Kier alpha value is -1.92. The van der Waals surface area contributed by atoms with Crippen molar-refractivity contribution in [1.82, 2.24) is 16.2 Å². The van der Waals surface area contributed by atoms with E-state index in [-0.39, 0.29) is 11.9 Å². The van der Waals surface area contributed by atoms with Crippen molar-refractivity contribution >= 4 is 34.6 Å². The van der Waals surface area contributed by atoms with Crippen LogP contribution in [0.2, 0.25) is 0 Å². The number of nitrogens with one attached hydrogen (secondary N) is 3. The van der Waals surface area contributed by atoms with Crippen LogP contribution in [0, 0.1) is 11.3 Å². The molecular formula is C22H29N3OS2. The summed E-state index contributed by atoms with van der Waals surface area (Å²) in [6.07, 6.45) is 3.17. The molecule has 1 heterocycles. The number of carbonyl (C=O) groups excluding carboxylic acids is 1. The molecule has 0 radical (unpaired) electrons. The number of fused-ring (bicyclic) bond motifs is 1. The van der Waals surface area contributed by atoms with E-state index in [2.05, 4.69) is 36.9 Å². The second-order valence-electron chi connectivity index (χ2n) is 8.54. The molecule has 0 bridgehead atoms. The zero-order chi connectivity index (χ0) is 20.3. The number of hydrazine groups is 1. The van der Waals surface area contributed by atoms with Crippen LogP contribution in [0.15, 0.2) is 35.7 Å². The molecule has 3 rings (SSSR count). The predicted molar refractivity (Wildman–Crippen MR) is 120 cm³/mol. The molecule has 0 fully saturated rings. The normalized spacial score (nSPS) is 17.4. The van der Waals surface area contributed by atoms with Gasteiger partial charge in [-0.2, -0.15) is 0 Å². The fourth-order valence-corrected chi connectivity index (χ4v) is 5.07. The Morgan fingerprint density at radius 1 is 1.21 bits per heavy atom. The molecule has 0 spiro atoms. The first kappa shape index (κ1) is 20.8. The van der Waals surface area contributed by atoms with Crippen molar-refractivity contribution in [3.8, 4) is 0 Å². The molecule has 0 unspecified atom stereocenters. The number of rotatable bonds is 3. The van der Waals surface area contributed by atoms with Gasteiger partial charge in [-0.15, -0.1) is 11.3 Å². The summed E-state index contributed by atoms with van der Waals surface area (Å²) in [6, 6.07) is 10.1. The summed E-state index contributed by atoms with van der Waals surface area (Å²) in [5.74, 6) is 0.548. The summed E-state index contributed by atoms with van der Waals surface area (Å²) < 4.78 is 0. The van der Waals surface area contributed by atoms with Crippen molar-refractivity contribution in [1.29, 1.82) is 0 Å². The third-order valence-electron chi connectivity index (χ3n) is 5.56. The average molecular weight is 416 g/mol. The van der Waals surface area contributed by atoms with E-state index in [1.807, 2.05) is 42.6 Å². The van der Waals surface area contributed by atoms with Gasteiger partial charge in [0.05, 0.1) is 11.6 Å². The maximum atomic E-state index is 12.7. The van der Waals surface area contributed by atoms with Crippen molar-refractivity contribution in [3.63, 3.8) is 0 Å². The number of hydrogen-bond donors (Lipinski definition) is 3. The molecule has 2 atom stereocenters. The van der Waals surface area contributed by atoms with Crippen LogP contribution in [-0.4, -0.2) is 11.0 Å². The molecule has 0 aliphatic heterocycles. The molecule has 1 aliphatic carbocycles. The third kappa shape index (κ3) is 4.92. The molecule has 1 aromatic heterocycles. The third-order valence-corrected chi connectivity index (χ3v) is 6.83. The van der Waals surface area contributed by atoms with Crippen molar-refractivity contribution in [3.05, 3.63) is 57.3 Å². The van der Waals surface area contributed by atoms with Crippen LogP contribution in [0.1, 0.15) is 66.5 Å². The lowest BCUT2D eigenvalue weighted by atomic mass is 9.72. The zero-order valence-electron chi connectivity index (χ0n) is 17.0. The lowest BCUT2D eigenvalue weighted by Crippen LogP contribution is -2.47. The highest BCUT2D eigenvalue weighted by Crippen LogP contribution is 2.40. The van der Waals surface area contributed by atoms with E-state index in [9.17, 15) is 4.79 Å². The largest absolute Gasteiger partial charge is 0.355 e. The molecule has 4 nitrogen and oxygen atoms in total. The zero-order valence-corrected chi connectivity index (χ0v) is 18.6. The quantitative estimate of drug-likeness (QED) is 0.499. The first-order valence-corrected chi connectivity index (χ1v) is 11.1. The van der Waals surface area contributed by atoms with Crippen molar-refractivity contribution < 1.29 is 4.79 Å². The van der Waals surface area contributed by atoms with Gasteiger partial charge >= 0.3 is 0 Å². The summed E-state index contributed by atoms with van der Waals surface area (Å²) in [6.45, 7) is 8.95. The van der Waals surface area contributed by atoms with Crippen molar-refractivity contribution in [2.24, 2.45) is 11.3 Å². The first-order valence-electron chi connectivity index (χ1n) is 9.76. The van der Waals surface area contributed by atoms with Crippen molar-refractivity contribution in [2.45, 2.75) is 53.0 Å². The molecule has 1 amide bonds. The molecule has 28 heavy (non-hydrogen) atoms. The van der Waals surface area contributed by atoms with E-state index in [1.54, 1.807) is 11.3 Å². The van der Waals surface area contributed by atoms with Gasteiger partial charge in [0, 0.05) is 10.3 Å². The number of benzene rings is 1. The van der Waals surface area contributed by atoms with Gasteiger partial charge in [0.1, 0.15) is 0 Å². The molecule has 2 aromatic rings. The van der Waals surface area contributed by atoms with Gasteiger partial charge in [0.2, 0.25) is 0 Å². The van der Waals surface area contributed by atoms with E-state index in [0.29, 0.717) is 16.4 Å². The van der Waals surface area contributed by atoms with Crippen LogP contribution in [0.5, 0.6) is 0 Å². The van der Waals surface area contributed by atoms with Crippen LogP contribution < -0.4 is 16.2 Å². The van der Waals surface area contributed by atoms with Gasteiger partial charge in [-0.3, -0.25) is 15.6 Å². The molecule has 0 saturated heterocycles. The number of thiophene rings is 1. The fourth-order valence-electron chi connectivity index (χ4n) is 3.68. The van der Waals surface area contributed by atoms with Gasteiger partial charge in [-0.05, 0) is 60.9 Å². The number of thiocarbonyl (C=S) groups is 1. The Kier molecular flexibility index (Phi) is 6.40. The molecule has 6 heteroatoms. The highest BCUT2D eigenvalue weighted by atomic mass is 32.1. The van der Waals surface area contributed by atoms with E-state index >= 15 is 0 Å². The SMILES string of the molecule is C[C@@H](NC(=S)NNC(=O)c1csc2c1CC[C@H](C(C)(C)C)C2)c1ccccc1. The van der Waals surface area contributed by atoms with E-state index < -0.39 is 0 Å². The maximum absolute atomic E-state index is 12.7. The second kappa shape index (κ2) is 8.62. The Labute approximate surface area is 177 Å². The average Bonchev–Trinajstić information content (AvgIpc) is 3.09. The van der Waals surface area contributed by atoms with Gasteiger partial charge in [-0.1, -0.05) is 51.1 Å². The molecular weight excluding hydrogens is 386 g/mol. The Bertz CT molecular complexity index is 839. The first-order chi connectivity index (χ1) is 13.3. The fraction of sp³-hybridized carbons (Fsp3) is 0.455. The number of carbonyl (C=O) groups is 1. The number of amides is 1. The highest BCUT2D eigenvalue weighted by Gasteiger charge is 2.31. The van der Waals surface area contributed by atoms with Crippen LogP contribution in [-0.2, 0) is 12.8 Å². The molecule has 150 valence electrons. The van der Waals surface area contributed by atoms with Crippen LogP contribution in [0.25, 0.3) is 0 Å². The summed E-state index contributed by atoms with van der Waals surface area (Å²) in [4.78, 5) is 14.0. The summed E-state index contributed by atoms with van der Waals surface area (Å²) >= 11 is 7.03.